The Kier molecular flexibility index (Phi) is 3.14. The van der Waals surface area contributed by atoms with Crippen LogP contribution in [0.1, 0.15) is 43.8 Å². The van der Waals surface area contributed by atoms with Gasteiger partial charge >= 0.3 is 0 Å². The molecule has 1 N–H and O–H groups in total. The molecule has 1 saturated carbocycles. The molecule has 78 valence electrons. The quantitative estimate of drug-likeness (QED) is 0.796. The van der Waals surface area contributed by atoms with Crippen LogP contribution in [0.5, 0.6) is 0 Å². The first-order valence-corrected chi connectivity index (χ1v) is 5.31. The van der Waals surface area contributed by atoms with Crippen LogP contribution in [0.3, 0.4) is 0 Å². The second-order valence-corrected chi connectivity index (χ2v) is 3.95. The average Bonchev–Trinajstić information content (AvgIpc) is 2.86. The summed E-state index contributed by atoms with van der Waals surface area (Å²) in [6.45, 7) is -0.132. The second kappa shape index (κ2) is 4.55. The van der Waals surface area contributed by atoms with Gasteiger partial charge in [-0.3, -0.25) is 0 Å². The van der Waals surface area contributed by atoms with Gasteiger partial charge in [-0.15, -0.1) is 0 Å². The Labute approximate surface area is 83.3 Å². The summed E-state index contributed by atoms with van der Waals surface area (Å²) in [6, 6.07) is 0. The van der Waals surface area contributed by atoms with E-state index in [1.165, 1.54) is 25.7 Å². The molecule has 0 amide bonds. The van der Waals surface area contributed by atoms with Gasteiger partial charge in [0.2, 0.25) is 5.89 Å². The maximum absolute atomic E-state index is 8.75. The number of aryl methyl sites for hydroxylation is 1. The van der Waals surface area contributed by atoms with Crippen molar-refractivity contribution in [2.75, 3.05) is 0 Å². The SMILES string of the molecule is OCc1noc(CCC2CCCC2)n1. The zero-order chi connectivity index (χ0) is 9.80. The van der Waals surface area contributed by atoms with E-state index in [1.807, 2.05) is 0 Å². The number of rotatable bonds is 4. The minimum absolute atomic E-state index is 0.132. The largest absolute Gasteiger partial charge is 0.388 e. The molecule has 4 heteroatoms. The smallest absolute Gasteiger partial charge is 0.226 e. The van der Waals surface area contributed by atoms with E-state index in [0.717, 1.165) is 18.8 Å². The third-order valence-electron chi connectivity index (χ3n) is 2.89. The van der Waals surface area contributed by atoms with Crippen LogP contribution < -0.4 is 0 Å². The summed E-state index contributed by atoms with van der Waals surface area (Å²) in [5.74, 6) is 1.91. The maximum Gasteiger partial charge on any atom is 0.226 e. The molecule has 0 unspecified atom stereocenters. The third kappa shape index (κ3) is 2.32. The molecular formula is C10H16N2O2. The Morgan fingerprint density at radius 2 is 2.14 bits per heavy atom. The van der Waals surface area contributed by atoms with E-state index in [4.69, 9.17) is 9.63 Å². The molecule has 0 spiro atoms. The van der Waals surface area contributed by atoms with E-state index < -0.39 is 0 Å². The number of hydrogen-bond acceptors (Lipinski definition) is 4. The van der Waals surface area contributed by atoms with Crippen LogP contribution in [0.4, 0.5) is 0 Å². The molecule has 1 aliphatic rings. The first-order chi connectivity index (χ1) is 6.88. The predicted molar refractivity (Wildman–Crippen MR) is 50.5 cm³/mol. The predicted octanol–water partition coefficient (Wildman–Crippen LogP) is 1.68. The van der Waals surface area contributed by atoms with Crippen molar-refractivity contribution in [3.63, 3.8) is 0 Å². The maximum atomic E-state index is 8.75. The van der Waals surface area contributed by atoms with E-state index in [0.29, 0.717) is 11.7 Å². The van der Waals surface area contributed by atoms with Gasteiger partial charge in [-0.2, -0.15) is 4.98 Å². The van der Waals surface area contributed by atoms with Gasteiger partial charge in [0.1, 0.15) is 6.61 Å². The van der Waals surface area contributed by atoms with E-state index >= 15 is 0 Å². The van der Waals surface area contributed by atoms with Gasteiger partial charge in [0.25, 0.3) is 0 Å². The van der Waals surface area contributed by atoms with Crippen LogP contribution in [0.2, 0.25) is 0 Å². The van der Waals surface area contributed by atoms with Crippen molar-refractivity contribution in [2.24, 2.45) is 5.92 Å². The van der Waals surface area contributed by atoms with Crippen molar-refractivity contribution in [2.45, 2.75) is 45.1 Å². The Morgan fingerprint density at radius 3 is 2.79 bits per heavy atom. The zero-order valence-electron chi connectivity index (χ0n) is 8.28. The average molecular weight is 196 g/mol. The molecule has 0 aliphatic heterocycles. The van der Waals surface area contributed by atoms with Crippen LogP contribution in [-0.4, -0.2) is 15.2 Å². The lowest BCUT2D eigenvalue weighted by Gasteiger charge is -2.04. The Balaban J connectivity index is 1.79. The number of hydrogen-bond donors (Lipinski definition) is 1. The molecule has 1 fully saturated rings. The van der Waals surface area contributed by atoms with Crippen molar-refractivity contribution in [1.82, 2.24) is 10.1 Å². The molecule has 0 atom stereocenters. The zero-order valence-corrected chi connectivity index (χ0v) is 8.28. The van der Waals surface area contributed by atoms with Crippen molar-refractivity contribution in [3.05, 3.63) is 11.7 Å². The van der Waals surface area contributed by atoms with Gasteiger partial charge in [-0.05, 0) is 12.3 Å². The minimum atomic E-state index is -0.132. The van der Waals surface area contributed by atoms with Gasteiger partial charge in [0.15, 0.2) is 5.82 Å². The van der Waals surface area contributed by atoms with Crippen LogP contribution >= 0.6 is 0 Å². The standard InChI is InChI=1S/C10H16N2O2/c13-7-9-11-10(14-12-9)6-5-8-3-1-2-4-8/h8,13H,1-7H2. The van der Waals surface area contributed by atoms with E-state index in [-0.39, 0.29) is 6.61 Å². The molecule has 1 heterocycles. The molecule has 0 aromatic carbocycles. The first kappa shape index (κ1) is 9.65. The normalized spacial score (nSPS) is 17.8. The van der Waals surface area contributed by atoms with Crippen molar-refractivity contribution < 1.29 is 9.63 Å². The fourth-order valence-corrected chi connectivity index (χ4v) is 2.08. The molecule has 14 heavy (non-hydrogen) atoms. The Hall–Kier alpha value is -0.900. The molecule has 0 bridgehead atoms. The summed E-state index contributed by atoms with van der Waals surface area (Å²) < 4.78 is 4.99. The highest BCUT2D eigenvalue weighted by atomic mass is 16.5. The highest BCUT2D eigenvalue weighted by Crippen LogP contribution is 2.28. The molecule has 2 rings (SSSR count). The van der Waals surface area contributed by atoms with E-state index in [2.05, 4.69) is 10.1 Å². The summed E-state index contributed by atoms with van der Waals surface area (Å²) in [5.41, 5.74) is 0. The van der Waals surface area contributed by atoms with Crippen LogP contribution in [0.25, 0.3) is 0 Å². The van der Waals surface area contributed by atoms with E-state index in [9.17, 15) is 0 Å². The molecule has 4 nitrogen and oxygen atoms in total. The van der Waals surface area contributed by atoms with Crippen molar-refractivity contribution in [3.8, 4) is 0 Å². The lowest BCUT2D eigenvalue weighted by atomic mass is 10.0. The van der Waals surface area contributed by atoms with Crippen LogP contribution in [0.15, 0.2) is 4.52 Å². The number of nitrogens with zero attached hydrogens (tertiary/aromatic N) is 2. The lowest BCUT2D eigenvalue weighted by Crippen LogP contribution is -1.96. The van der Waals surface area contributed by atoms with E-state index in [1.54, 1.807) is 0 Å². The lowest BCUT2D eigenvalue weighted by molar-refractivity contribution is 0.262. The molecule has 1 aromatic heterocycles. The molecule has 1 aliphatic carbocycles. The minimum Gasteiger partial charge on any atom is -0.388 e. The monoisotopic (exact) mass is 196 g/mol. The van der Waals surface area contributed by atoms with Gasteiger partial charge in [-0.25, -0.2) is 0 Å². The number of aliphatic hydroxyl groups excluding tert-OH is 1. The summed E-state index contributed by atoms with van der Waals surface area (Å²) in [6.07, 6.45) is 7.44. The van der Waals surface area contributed by atoms with Crippen LogP contribution in [0, 0.1) is 5.92 Å². The number of aromatic nitrogens is 2. The molecule has 0 radical (unpaired) electrons. The van der Waals surface area contributed by atoms with Gasteiger partial charge in [0, 0.05) is 6.42 Å². The summed E-state index contributed by atoms with van der Waals surface area (Å²) >= 11 is 0. The first-order valence-electron chi connectivity index (χ1n) is 5.31. The summed E-state index contributed by atoms with van der Waals surface area (Å²) in [4.78, 5) is 4.06. The molecule has 1 aromatic rings. The second-order valence-electron chi connectivity index (χ2n) is 3.95. The van der Waals surface area contributed by atoms with Crippen molar-refractivity contribution >= 4 is 0 Å². The van der Waals surface area contributed by atoms with Crippen LogP contribution in [-0.2, 0) is 13.0 Å². The number of aliphatic hydroxyl groups is 1. The Morgan fingerprint density at radius 1 is 1.36 bits per heavy atom. The van der Waals surface area contributed by atoms with Gasteiger partial charge in [-0.1, -0.05) is 30.8 Å². The molecule has 0 saturated heterocycles. The fraction of sp³-hybridized carbons (Fsp3) is 0.800. The summed E-state index contributed by atoms with van der Waals surface area (Å²) in [7, 11) is 0. The molecular weight excluding hydrogens is 180 g/mol. The highest BCUT2D eigenvalue weighted by molar-refractivity contribution is 4.85. The topological polar surface area (TPSA) is 59.2 Å². The fourth-order valence-electron chi connectivity index (χ4n) is 2.08. The van der Waals surface area contributed by atoms with Gasteiger partial charge < -0.3 is 9.63 Å². The highest BCUT2D eigenvalue weighted by Gasteiger charge is 2.16. The third-order valence-corrected chi connectivity index (χ3v) is 2.89. The Bertz CT molecular complexity index is 279. The van der Waals surface area contributed by atoms with Crippen molar-refractivity contribution in [1.29, 1.82) is 0 Å². The van der Waals surface area contributed by atoms with Gasteiger partial charge in [0.05, 0.1) is 0 Å². The summed E-state index contributed by atoms with van der Waals surface area (Å²) in [5, 5.41) is 12.4.